The van der Waals surface area contributed by atoms with Gasteiger partial charge in [-0.25, -0.2) is 9.90 Å². The van der Waals surface area contributed by atoms with E-state index < -0.39 is 12.1 Å². The molecule has 1 rings (SSSR count). The van der Waals surface area contributed by atoms with Gasteiger partial charge in [-0.2, -0.15) is 0 Å². The van der Waals surface area contributed by atoms with Crippen molar-refractivity contribution in [3.63, 3.8) is 0 Å². The fourth-order valence-corrected chi connectivity index (χ4v) is 3.06. The van der Waals surface area contributed by atoms with Crippen LogP contribution in [0.25, 0.3) is 0 Å². The lowest BCUT2D eigenvalue weighted by molar-refractivity contribution is -0.151. The molecule has 0 fully saturated rings. The van der Waals surface area contributed by atoms with Crippen LogP contribution in [0.4, 0.5) is 0 Å². The molecule has 0 amide bonds. The summed E-state index contributed by atoms with van der Waals surface area (Å²) in [4.78, 5) is 11.2. The molecule has 0 aromatic heterocycles. The smallest absolute Gasteiger partial charge is 0.395 e. The lowest BCUT2D eigenvalue weighted by Gasteiger charge is -2.13. The molecule has 0 saturated heterocycles. The SMILES string of the molecule is CCCCCCCCCCCCCCC(Oc1ccccc1)C([O])=O. The molecule has 0 aliphatic carbocycles. The zero-order valence-corrected chi connectivity index (χ0v) is 15.9. The van der Waals surface area contributed by atoms with E-state index in [1.165, 1.54) is 64.2 Å². The first-order chi connectivity index (χ1) is 12.2. The minimum atomic E-state index is -1.12. The lowest BCUT2D eigenvalue weighted by atomic mass is 10.0. The zero-order chi connectivity index (χ0) is 18.2. The molecular weight excluding hydrogens is 312 g/mol. The van der Waals surface area contributed by atoms with Gasteiger partial charge in [0.25, 0.3) is 0 Å². The Morgan fingerprint density at radius 3 is 1.76 bits per heavy atom. The Hall–Kier alpha value is -1.51. The molecule has 0 saturated carbocycles. The molecule has 0 N–H and O–H groups in total. The van der Waals surface area contributed by atoms with Crippen molar-refractivity contribution < 1.29 is 14.6 Å². The number of carbonyl (C=O) groups excluding carboxylic acids is 1. The van der Waals surface area contributed by atoms with Crippen molar-refractivity contribution in [2.24, 2.45) is 0 Å². The second-order valence-electron chi connectivity index (χ2n) is 6.92. The van der Waals surface area contributed by atoms with E-state index in [1.807, 2.05) is 18.2 Å². The third-order valence-electron chi connectivity index (χ3n) is 4.60. The molecule has 0 aliphatic heterocycles. The molecular formula is C22H35O3. The van der Waals surface area contributed by atoms with Crippen LogP contribution in [0.2, 0.25) is 0 Å². The Labute approximate surface area is 153 Å². The summed E-state index contributed by atoms with van der Waals surface area (Å²) < 4.78 is 5.51. The highest BCUT2D eigenvalue weighted by Gasteiger charge is 2.20. The Morgan fingerprint density at radius 2 is 1.28 bits per heavy atom. The van der Waals surface area contributed by atoms with Crippen molar-refractivity contribution in [2.45, 2.75) is 96.5 Å². The molecule has 25 heavy (non-hydrogen) atoms. The highest BCUT2D eigenvalue weighted by atomic mass is 16.5. The first kappa shape index (κ1) is 21.5. The van der Waals surface area contributed by atoms with Crippen LogP contribution in [-0.4, -0.2) is 12.1 Å². The molecule has 0 spiro atoms. The summed E-state index contributed by atoms with van der Waals surface area (Å²) in [5, 5.41) is 11.2. The van der Waals surface area contributed by atoms with Gasteiger partial charge < -0.3 is 4.74 Å². The van der Waals surface area contributed by atoms with Gasteiger partial charge in [0.05, 0.1) is 0 Å². The molecule has 1 radical (unpaired) electrons. The van der Waals surface area contributed by atoms with Gasteiger partial charge in [0.1, 0.15) is 5.75 Å². The van der Waals surface area contributed by atoms with Crippen molar-refractivity contribution in [3.8, 4) is 5.75 Å². The minimum absolute atomic E-state index is 0.522. The summed E-state index contributed by atoms with van der Waals surface area (Å²) in [6.07, 6.45) is 14.9. The third kappa shape index (κ3) is 11.6. The lowest BCUT2D eigenvalue weighted by Crippen LogP contribution is -2.26. The largest absolute Gasteiger partial charge is 0.479 e. The summed E-state index contributed by atoms with van der Waals surface area (Å²) in [6.45, 7) is 2.25. The minimum Gasteiger partial charge on any atom is -0.479 e. The van der Waals surface area contributed by atoms with Gasteiger partial charge in [-0.15, -0.1) is 0 Å². The van der Waals surface area contributed by atoms with Gasteiger partial charge in [0.2, 0.25) is 0 Å². The Morgan fingerprint density at radius 1 is 0.800 bits per heavy atom. The van der Waals surface area contributed by atoms with Gasteiger partial charge >= 0.3 is 5.97 Å². The maximum Gasteiger partial charge on any atom is 0.395 e. The normalized spacial score (nSPS) is 12.0. The number of hydrogen-bond acceptors (Lipinski definition) is 2. The molecule has 1 aromatic carbocycles. The molecule has 3 nitrogen and oxygen atoms in total. The molecule has 141 valence electrons. The van der Waals surface area contributed by atoms with Crippen molar-refractivity contribution in [2.75, 3.05) is 0 Å². The Balaban J connectivity index is 1.99. The van der Waals surface area contributed by atoms with E-state index in [1.54, 1.807) is 12.1 Å². The fourth-order valence-electron chi connectivity index (χ4n) is 3.06. The summed E-state index contributed by atoms with van der Waals surface area (Å²) in [5.74, 6) is -0.525. The van der Waals surface area contributed by atoms with Gasteiger partial charge in [-0.05, 0) is 25.0 Å². The molecule has 1 unspecified atom stereocenters. The topological polar surface area (TPSA) is 46.2 Å². The number of unbranched alkanes of at least 4 members (excludes halogenated alkanes) is 11. The standard InChI is InChI=1S/C22H35O3/c1-2-3-4-5-6-7-8-9-10-11-12-16-19-21(22(23)24)25-20-17-14-13-15-18-20/h13-15,17-18,21H,2-12,16,19H2,1H3. The quantitative estimate of drug-likeness (QED) is 0.321. The fraction of sp³-hybridized carbons (Fsp3) is 0.682. The molecule has 1 aromatic rings. The Bertz CT molecular complexity index is 430. The number of rotatable bonds is 16. The average Bonchev–Trinajstić information content (AvgIpc) is 2.62. The zero-order valence-electron chi connectivity index (χ0n) is 15.9. The van der Waals surface area contributed by atoms with Gasteiger partial charge in [0.15, 0.2) is 6.10 Å². The van der Waals surface area contributed by atoms with E-state index in [0.29, 0.717) is 12.2 Å². The van der Waals surface area contributed by atoms with Crippen LogP contribution in [0.1, 0.15) is 90.4 Å². The molecule has 0 aliphatic rings. The van der Waals surface area contributed by atoms with Gasteiger partial charge in [-0.1, -0.05) is 95.8 Å². The average molecular weight is 348 g/mol. The van der Waals surface area contributed by atoms with Crippen molar-refractivity contribution in [3.05, 3.63) is 30.3 Å². The van der Waals surface area contributed by atoms with Crippen LogP contribution in [0, 0.1) is 0 Å². The first-order valence-electron chi connectivity index (χ1n) is 10.2. The number of benzene rings is 1. The third-order valence-corrected chi connectivity index (χ3v) is 4.60. The predicted octanol–water partition coefficient (Wildman–Crippen LogP) is 6.48. The van der Waals surface area contributed by atoms with E-state index in [2.05, 4.69) is 6.92 Å². The number of hydrogen-bond donors (Lipinski definition) is 0. The Kier molecular flexibility index (Phi) is 12.7. The number of para-hydroxylation sites is 1. The van der Waals surface area contributed by atoms with E-state index in [-0.39, 0.29) is 0 Å². The maximum atomic E-state index is 11.2. The van der Waals surface area contributed by atoms with E-state index in [0.717, 1.165) is 12.8 Å². The monoisotopic (exact) mass is 347 g/mol. The van der Waals surface area contributed by atoms with Gasteiger partial charge in [0, 0.05) is 0 Å². The second kappa shape index (κ2) is 14.8. The van der Waals surface area contributed by atoms with E-state index >= 15 is 0 Å². The van der Waals surface area contributed by atoms with Crippen LogP contribution >= 0.6 is 0 Å². The molecule has 3 heteroatoms. The highest BCUT2D eigenvalue weighted by Crippen LogP contribution is 2.16. The second-order valence-corrected chi connectivity index (χ2v) is 6.92. The van der Waals surface area contributed by atoms with E-state index in [4.69, 9.17) is 4.74 Å². The van der Waals surface area contributed by atoms with Crippen LogP contribution in [-0.2, 0) is 9.90 Å². The van der Waals surface area contributed by atoms with Crippen molar-refractivity contribution in [1.29, 1.82) is 0 Å². The predicted molar refractivity (Wildman–Crippen MR) is 102 cm³/mol. The van der Waals surface area contributed by atoms with Crippen LogP contribution < -0.4 is 4.74 Å². The van der Waals surface area contributed by atoms with Gasteiger partial charge in [-0.3, -0.25) is 0 Å². The summed E-state index contributed by atoms with van der Waals surface area (Å²) >= 11 is 0. The molecule has 0 heterocycles. The number of carbonyl (C=O) groups is 1. The van der Waals surface area contributed by atoms with Crippen molar-refractivity contribution in [1.82, 2.24) is 0 Å². The van der Waals surface area contributed by atoms with Crippen molar-refractivity contribution >= 4 is 5.97 Å². The molecule has 0 bridgehead atoms. The highest BCUT2D eigenvalue weighted by molar-refractivity contribution is 5.72. The van der Waals surface area contributed by atoms with Crippen LogP contribution in [0.5, 0.6) is 5.75 Å². The van der Waals surface area contributed by atoms with Crippen LogP contribution in [0.3, 0.4) is 0 Å². The van der Waals surface area contributed by atoms with E-state index in [9.17, 15) is 9.90 Å². The summed E-state index contributed by atoms with van der Waals surface area (Å²) in [6, 6.07) is 9.11. The number of ether oxygens (including phenoxy) is 1. The summed E-state index contributed by atoms with van der Waals surface area (Å²) in [5.41, 5.74) is 0. The summed E-state index contributed by atoms with van der Waals surface area (Å²) in [7, 11) is 0. The first-order valence-corrected chi connectivity index (χ1v) is 10.2. The maximum absolute atomic E-state index is 11.2. The van der Waals surface area contributed by atoms with Crippen LogP contribution in [0.15, 0.2) is 30.3 Å². The molecule has 1 atom stereocenters.